The van der Waals surface area contributed by atoms with E-state index >= 15 is 0 Å². The van der Waals surface area contributed by atoms with E-state index in [2.05, 4.69) is 30.1 Å². The molecule has 22 heavy (non-hydrogen) atoms. The molecule has 114 valence electrons. The van der Waals surface area contributed by atoms with Crippen molar-refractivity contribution in [2.75, 3.05) is 11.4 Å². The van der Waals surface area contributed by atoms with Crippen LogP contribution in [0.1, 0.15) is 44.3 Å². The van der Waals surface area contributed by atoms with E-state index in [-0.39, 0.29) is 5.91 Å². The molecule has 2 aromatic rings. The Hall–Kier alpha value is -1.68. The largest absolute Gasteiger partial charge is 0.307 e. The second-order valence-electron chi connectivity index (χ2n) is 6.46. The molecule has 1 amide bonds. The Kier molecular flexibility index (Phi) is 3.30. The first-order valence-electron chi connectivity index (χ1n) is 8.00. The highest BCUT2D eigenvalue weighted by atomic mass is 32.1. The van der Waals surface area contributed by atoms with Crippen LogP contribution in [0.4, 0.5) is 5.69 Å². The van der Waals surface area contributed by atoms with E-state index in [1.165, 1.54) is 24.0 Å². The minimum absolute atomic E-state index is 0.130. The van der Waals surface area contributed by atoms with Crippen molar-refractivity contribution >= 4 is 22.9 Å². The zero-order valence-corrected chi connectivity index (χ0v) is 13.9. The van der Waals surface area contributed by atoms with Crippen LogP contribution in [0.3, 0.4) is 0 Å². The fourth-order valence-corrected chi connectivity index (χ4v) is 4.41. The number of hydrogen-bond donors (Lipinski definition) is 0. The van der Waals surface area contributed by atoms with E-state index in [1.807, 2.05) is 11.8 Å². The predicted octanol–water partition coefficient (Wildman–Crippen LogP) is 3.92. The van der Waals surface area contributed by atoms with Gasteiger partial charge in [-0.15, -0.1) is 11.3 Å². The molecule has 0 N–H and O–H groups in total. The first-order valence-corrected chi connectivity index (χ1v) is 8.82. The summed E-state index contributed by atoms with van der Waals surface area (Å²) in [6.45, 7) is 4.84. The van der Waals surface area contributed by atoms with Crippen LogP contribution >= 0.6 is 11.3 Å². The van der Waals surface area contributed by atoms with Crippen LogP contribution in [0.15, 0.2) is 18.2 Å². The molecule has 0 saturated heterocycles. The molecule has 1 aliphatic heterocycles. The first-order chi connectivity index (χ1) is 10.6. The summed E-state index contributed by atoms with van der Waals surface area (Å²) >= 11 is 1.60. The maximum Gasteiger partial charge on any atom is 0.270 e. The molecule has 2 heterocycles. The number of rotatable bonds is 3. The molecule has 0 radical (unpaired) electrons. The van der Waals surface area contributed by atoms with Crippen molar-refractivity contribution in [2.24, 2.45) is 5.92 Å². The van der Waals surface area contributed by atoms with Gasteiger partial charge in [-0.05, 0) is 50.2 Å². The lowest BCUT2D eigenvalue weighted by Gasteiger charge is -2.18. The van der Waals surface area contributed by atoms with E-state index in [0.717, 1.165) is 46.6 Å². The number of benzene rings is 1. The lowest BCUT2D eigenvalue weighted by atomic mass is 10.1. The average molecular weight is 312 g/mol. The molecule has 0 bridgehead atoms. The normalized spacial score (nSPS) is 16.9. The summed E-state index contributed by atoms with van der Waals surface area (Å²) in [4.78, 5) is 20.4. The summed E-state index contributed by atoms with van der Waals surface area (Å²) in [6.07, 6.45) is 4.64. The van der Waals surface area contributed by atoms with Gasteiger partial charge < -0.3 is 4.90 Å². The molecular formula is C18H20N2OS. The molecular weight excluding hydrogens is 292 g/mol. The van der Waals surface area contributed by atoms with Crippen LogP contribution in [0.2, 0.25) is 0 Å². The standard InChI is InChI=1S/C18H20N2OS/c1-11-4-3-5-14-8-9-20(16(11)14)18(21)17-12(2)19-15(22-17)10-13-6-7-13/h3-5,13H,6-10H2,1-2H3. The minimum Gasteiger partial charge on any atom is -0.307 e. The number of fused-ring (bicyclic) bond motifs is 1. The summed E-state index contributed by atoms with van der Waals surface area (Å²) in [5, 5.41) is 1.13. The molecule has 1 aromatic heterocycles. The van der Waals surface area contributed by atoms with Gasteiger partial charge >= 0.3 is 0 Å². The number of hydrogen-bond acceptors (Lipinski definition) is 3. The number of aryl methyl sites for hydroxylation is 2. The molecule has 4 heteroatoms. The summed E-state index contributed by atoms with van der Waals surface area (Å²) in [7, 11) is 0. The van der Waals surface area contributed by atoms with Gasteiger partial charge in [0.15, 0.2) is 0 Å². The fraction of sp³-hybridized carbons (Fsp3) is 0.444. The van der Waals surface area contributed by atoms with Crippen LogP contribution < -0.4 is 4.90 Å². The smallest absolute Gasteiger partial charge is 0.270 e. The van der Waals surface area contributed by atoms with Crippen molar-refractivity contribution < 1.29 is 4.79 Å². The monoisotopic (exact) mass is 312 g/mol. The number of nitrogens with zero attached hydrogens (tertiary/aromatic N) is 2. The van der Waals surface area contributed by atoms with Gasteiger partial charge in [0.1, 0.15) is 4.88 Å². The summed E-state index contributed by atoms with van der Waals surface area (Å²) in [5.74, 6) is 0.938. The zero-order valence-electron chi connectivity index (χ0n) is 13.1. The Morgan fingerprint density at radius 2 is 2.18 bits per heavy atom. The van der Waals surface area contributed by atoms with Crippen molar-refractivity contribution in [1.82, 2.24) is 4.98 Å². The van der Waals surface area contributed by atoms with E-state index in [1.54, 1.807) is 11.3 Å². The highest BCUT2D eigenvalue weighted by Crippen LogP contribution is 2.36. The second kappa shape index (κ2) is 5.20. The van der Waals surface area contributed by atoms with E-state index in [9.17, 15) is 4.79 Å². The number of para-hydroxylation sites is 1. The molecule has 0 unspecified atom stereocenters. The van der Waals surface area contributed by atoms with Gasteiger partial charge in [0.25, 0.3) is 5.91 Å². The molecule has 0 atom stereocenters. The van der Waals surface area contributed by atoms with E-state index < -0.39 is 0 Å². The number of amides is 1. The number of aromatic nitrogens is 1. The molecule has 4 rings (SSSR count). The van der Waals surface area contributed by atoms with Gasteiger partial charge in [-0.1, -0.05) is 18.2 Å². The van der Waals surface area contributed by atoms with Crippen molar-refractivity contribution in [3.8, 4) is 0 Å². The first kappa shape index (κ1) is 13.9. The quantitative estimate of drug-likeness (QED) is 0.861. The highest BCUT2D eigenvalue weighted by Gasteiger charge is 2.30. The van der Waals surface area contributed by atoms with Gasteiger partial charge in [0.2, 0.25) is 0 Å². The zero-order chi connectivity index (χ0) is 15.3. The summed E-state index contributed by atoms with van der Waals surface area (Å²) < 4.78 is 0. The third-order valence-corrected chi connectivity index (χ3v) is 5.80. The van der Waals surface area contributed by atoms with Gasteiger partial charge in [-0.3, -0.25) is 4.79 Å². The van der Waals surface area contributed by atoms with Crippen LogP contribution in [-0.2, 0) is 12.8 Å². The van der Waals surface area contributed by atoms with Gasteiger partial charge in [-0.2, -0.15) is 0 Å². The lowest BCUT2D eigenvalue weighted by molar-refractivity contribution is 0.0992. The number of anilines is 1. The van der Waals surface area contributed by atoms with Gasteiger partial charge in [0.05, 0.1) is 16.4 Å². The van der Waals surface area contributed by atoms with Crippen LogP contribution in [0, 0.1) is 19.8 Å². The Morgan fingerprint density at radius 3 is 2.95 bits per heavy atom. The average Bonchev–Trinajstić information content (AvgIpc) is 3.06. The molecule has 1 fully saturated rings. The Labute approximate surface area is 135 Å². The van der Waals surface area contributed by atoms with Crippen molar-refractivity contribution in [2.45, 2.75) is 39.5 Å². The Morgan fingerprint density at radius 1 is 1.36 bits per heavy atom. The third-order valence-electron chi connectivity index (χ3n) is 4.64. The molecule has 1 aliphatic carbocycles. The minimum atomic E-state index is 0.130. The van der Waals surface area contributed by atoms with E-state index in [0.29, 0.717) is 0 Å². The van der Waals surface area contributed by atoms with Crippen LogP contribution in [-0.4, -0.2) is 17.4 Å². The van der Waals surface area contributed by atoms with Crippen molar-refractivity contribution in [3.63, 3.8) is 0 Å². The number of carbonyl (C=O) groups excluding carboxylic acids is 1. The van der Waals surface area contributed by atoms with Crippen LogP contribution in [0.5, 0.6) is 0 Å². The topological polar surface area (TPSA) is 33.2 Å². The molecule has 0 spiro atoms. The maximum atomic E-state index is 13.0. The highest BCUT2D eigenvalue weighted by molar-refractivity contribution is 7.14. The van der Waals surface area contributed by atoms with Crippen molar-refractivity contribution in [3.05, 3.63) is 44.9 Å². The fourth-order valence-electron chi connectivity index (χ4n) is 3.28. The predicted molar refractivity (Wildman–Crippen MR) is 89.8 cm³/mol. The van der Waals surface area contributed by atoms with Gasteiger partial charge in [-0.25, -0.2) is 4.98 Å². The Balaban J connectivity index is 1.64. The van der Waals surface area contributed by atoms with Crippen molar-refractivity contribution in [1.29, 1.82) is 0 Å². The molecule has 2 aliphatic rings. The summed E-state index contributed by atoms with van der Waals surface area (Å²) in [6, 6.07) is 6.30. The third kappa shape index (κ3) is 2.35. The van der Waals surface area contributed by atoms with E-state index in [4.69, 9.17) is 0 Å². The van der Waals surface area contributed by atoms with Gasteiger partial charge in [0, 0.05) is 13.0 Å². The Bertz CT molecular complexity index is 746. The lowest BCUT2D eigenvalue weighted by Crippen LogP contribution is -2.29. The number of thiazole rings is 1. The second-order valence-corrected chi connectivity index (χ2v) is 7.54. The number of carbonyl (C=O) groups is 1. The molecule has 1 saturated carbocycles. The maximum absolute atomic E-state index is 13.0. The molecule has 1 aromatic carbocycles. The van der Waals surface area contributed by atoms with Crippen LogP contribution in [0.25, 0.3) is 0 Å². The molecule has 3 nitrogen and oxygen atoms in total. The summed E-state index contributed by atoms with van der Waals surface area (Å²) in [5.41, 5.74) is 4.48. The SMILES string of the molecule is Cc1cccc2c1N(C(=O)c1sc(CC3CC3)nc1C)CC2.